The van der Waals surface area contributed by atoms with Crippen molar-refractivity contribution in [3.63, 3.8) is 0 Å². The fourth-order valence-corrected chi connectivity index (χ4v) is 1.84. The molecule has 1 N–H and O–H groups in total. The Morgan fingerprint density at radius 3 is 2.35 bits per heavy atom. The van der Waals surface area contributed by atoms with E-state index in [1.807, 2.05) is 19.1 Å². The normalized spacial score (nSPS) is 9.94. The van der Waals surface area contributed by atoms with Crippen molar-refractivity contribution in [3.8, 4) is 0 Å². The largest absolute Gasteiger partial charge is 0.359 e. The first-order chi connectivity index (χ1) is 8.25. The molecule has 0 amide bonds. The van der Waals surface area contributed by atoms with Crippen LogP contribution in [0.15, 0.2) is 66.9 Å². The van der Waals surface area contributed by atoms with Gasteiger partial charge >= 0.3 is 0 Å². The fourth-order valence-electron chi connectivity index (χ4n) is 1.84. The van der Waals surface area contributed by atoms with Gasteiger partial charge < -0.3 is 5.32 Å². The lowest BCUT2D eigenvalue weighted by molar-refractivity contribution is 1.18. The Balaban J connectivity index is 2.23. The SMILES string of the molecule is C=C(C)Nc1ccccc1Cc1ccccc1. The van der Waals surface area contributed by atoms with Crippen molar-refractivity contribution in [1.29, 1.82) is 0 Å². The number of benzene rings is 2. The maximum absolute atomic E-state index is 3.89. The molecule has 86 valence electrons. The Morgan fingerprint density at radius 1 is 1.00 bits per heavy atom. The highest BCUT2D eigenvalue weighted by atomic mass is 14.9. The van der Waals surface area contributed by atoms with E-state index < -0.39 is 0 Å². The van der Waals surface area contributed by atoms with Crippen LogP contribution < -0.4 is 5.32 Å². The van der Waals surface area contributed by atoms with E-state index >= 15 is 0 Å². The van der Waals surface area contributed by atoms with E-state index in [9.17, 15) is 0 Å². The van der Waals surface area contributed by atoms with Crippen LogP contribution in [-0.4, -0.2) is 0 Å². The first-order valence-corrected chi connectivity index (χ1v) is 5.80. The Bertz CT molecular complexity index is 500. The monoisotopic (exact) mass is 223 g/mol. The molecule has 0 atom stereocenters. The minimum Gasteiger partial charge on any atom is -0.359 e. The second kappa shape index (κ2) is 5.35. The average Bonchev–Trinajstić information content (AvgIpc) is 2.32. The van der Waals surface area contributed by atoms with Crippen molar-refractivity contribution in [3.05, 3.63) is 78.0 Å². The molecule has 0 saturated heterocycles. The number of hydrogen-bond acceptors (Lipinski definition) is 1. The van der Waals surface area contributed by atoms with Crippen molar-refractivity contribution in [1.82, 2.24) is 0 Å². The molecule has 1 heteroatoms. The van der Waals surface area contributed by atoms with E-state index in [-0.39, 0.29) is 0 Å². The predicted octanol–water partition coefficient (Wildman–Crippen LogP) is 4.22. The van der Waals surface area contributed by atoms with Gasteiger partial charge in [0.25, 0.3) is 0 Å². The van der Waals surface area contributed by atoms with Gasteiger partial charge in [0.05, 0.1) is 0 Å². The molecule has 2 rings (SSSR count). The zero-order valence-corrected chi connectivity index (χ0v) is 10.1. The summed E-state index contributed by atoms with van der Waals surface area (Å²) < 4.78 is 0. The maximum atomic E-state index is 3.89. The molecule has 0 aliphatic rings. The average molecular weight is 223 g/mol. The summed E-state index contributed by atoms with van der Waals surface area (Å²) in [6, 6.07) is 18.8. The molecule has 0 bridgehead atoms. The first kappa shape index (κ1) is 11.5. The predicted molar refractivity (Wildman–Crippen MR) is 74.1 cm³/mol. The number of allylic oxidation sites excluding steroid dienone is 1. The molecular formula is C16H17N. The van der Waals surface area contributed by atoms with E-state index in [0.717, 1.165) is 17.8 Å². The van der Waals surface area contributed by atoms with Gasteiger partial charge in [-0.3, -0.25) is 0 Å². The lowest BCUT2D eigenvalue weighted by Crippen LogP contribution is -1.99. The third kappa shape index (κ3) is 3.22. The second-order valence-corrected chi connectivity index (χ2v) is 4.22. The van der Waals surface area contributed by atoms with Crippen molar-refractivity contribution in [2.45, 2.75) is 13.3 Å². The van der Waals surface area contributed by atoms with Crippen LogP contribution in [0.4, 0.5) is 5.69 Å². The molecule has 0 aromatic heterocycles. The smallest absolute Gasteiger partial charge is 0.0417 e. The molecule has 0 aliphatic heterocycles. The van der Waals surface area contributed by atoms with Crippen molar-refractivity contribution >= 4 is 5.69 Å². The van der Waals surface area contributed by atoms with Gasteiger partial charge in [0.15, 0.2) is 0 Å². The van der Waals surface area contributed by atoms with E-state index in [4.69, 9.17) is 0 Å². The van der Waals surface area contributed by atoms with E-state index in [1.165, 1.54) is 11.1 Å². The summed E-state index contributed by atoms with van der Waals surface area (Å²) in [5, 5.41) is 3.30. The number of anilines is 1. The number of rotatable bonds is 4. The van der Waals surface area contributed by atoms with Crippen LogP contribution >= 0.6 is 0 Å². The number of para-hydroxylation sites is 1. The molecule has 0 unspecified atom stereocenters. The molecule has 2 aromatic rings. The summed E-state index contributed by atoms with van der Waals surface area (Å²) in [6.45, 7) is 5.86. The highest BCUT2D eigenvalue weighted by Crippen LogP contribution is 2.20. The van der Waals surface area contributed by atoms with Gasteiger partial charge in [-0.1, -0.05) is 55.1 Å². The summed E-state index contributed by atoms with van der Waals surface area (Å²) in [5.74, 6) is 0. The third-order valence-corrected chi connectivity index (χ3v) is 2.60. The van der Waals surface area contributed by atoms with Crippen LogP contribution in [-0.2, 0) is 6.42 Å². The van der Waals surface area contributed by atoms with Crippen LogP contribution in [0, 0.1) is 0 Å². The second-order valence-electron chi connectivity index (χ2n) is 4.22. The lowest BCUT2D eigenvalue weighted by Gasteiger charge is -2.11. The first-order valence-electron chi connectivity index (χ1n) is 5.80. The standard InChI is InChI=1S/C16H17N/c1-13(2)17-16-11-7-6-10-15(16)12-14-8-4-3-5-9-14/h3-11,17H,1,12H2,2H3. The zero-order chi connectivity index (χ0) is 12.1. The van der Waals surface area contributed by atoms with Crippen LogP contribution in [0.2, 0.25) is 0 Å². The van der Waals surface area contributed by atoms with Gasteiger partial charge in [-0.2, -0.15) is 0 Å². The quantitative estimate of drug-likeness (QED) is 0.818. The summed E-state index contributed by atoms with van der Waals surface area (Å²) >= 11 is 0. The molecule has 0 heterocycles. The lowest BCUT2D eigenvalue weighted by atomic mass is 10.0. The third-order valence-electron chi connectivity index (χ3n) is 2.60. The number of hydrogen-bond donors (Lipinski definition) is 1. The molecule has 1 nitrogen and oxygen atoms in total. The Hall–Kier alpha value is -2.02. The van der Waals surface area contributed by atoms with Crippen LogP contribution in [0.5, 0.6) is 0 Å². The molecule has 17 heavy (non-hydrogen) atoms. The molecule has 0 radical (unpaired) electrons. The molecule has 0 saturated carbocycles. The van der Waals surface area contributed by atoms with Crippen LogP contribution in [0.1, 0.15) is 18.1 Å². The van der Waals surface area contributed by atoms with Gasteiger partial charge in [0, 0.05) is 11.4 Å². The Kier molecular flexibility index (Phi) is 3.61. The van der Waals surface area contributed by atoms with Crippen molar-refractivity contribution in [2.24, 2.45) is 0 Å². The fraction of sp³-hybridized carbons (Fsp3) is 0.125. The van der Waals surface area contributed by atoms with Gasteiger partial charge in [-0.05, 0) is 30.5 Å². The van der Waals surface area contributed by atoms with E-state index in [0.29, 0.717) is 0 Å². The Labute approximate surface area is 103 Å². The van der Waals surface area contributed by atoms with E-state index in [1.54, 1.807) is 0 Å². The molecular weight excluding hydrogens is 206 g/mol. The molecule has 2 aromatic carbocycles. The van der Waals surface area contributed by atoms with Crippen LogP contribution in [0.25, 0.3) is 0 Å². The zero-order valence-electron chi connectivity index (χ0n) is 10.1. The van der Waals surface area contributed by atoms with Crippen LogP contribution in [0.3, 0.4) is 0 Å². The molecule has 0 spiro atoms. The van der Waals surface area contributed by atoms with Gasteiger partial charge in [0.1, 0.15) is 0 Å². The highest BCUT2D eigenvalue weighted by molar-refractivity contribution is 5.55. The summed E-state index contributed by atoms with van der Waals surface area (Å²) in [7, 11) is 0. The Morgan fingerprint density at radius 2 is 1.65 bits per heavy atom. The molecule has 0 fully saturated rings. The van der Waals surface area contributed by atoms with E-state index in [2.05, 4.69) is 54.4 Å². The summed E-state index contributed by atoms with van der Waals surface area (Å²) in [6.07, 6.45) is 0.942. The minimum absolute atomic E-state index is 0.942. The van der Waals surface area contributed by atoms with Gasteiger partial charge in [0.2, 0.25) is 0 Å². The van der Waals surface area contributed by atoms with Gasteiger partial charge in [-0.15, -0.1) is 0 Å². The topological polar surface area (TPSA) is 12.0 Å². The van der Waals surface area contributed by atoms with Gasteiger partial charge in [-0.25, -0.2) is 0 Å². The van der Waals surface area contributed by atoms with Crippen molar-refractivity contribution in [2.75, 3.05) is 5.32 Å². The van der Waals surface area contributed by atoms with Crippen molar-refractivity contribution < 1.29 is 0 Å². The summed E-state index contributed by atoms with van der Waals surface area (Å²) in [4.78, 5) is 0. The maximum Gasteiger partial charge on any atom is 0.0417 e. The highest BCUT2D eigenvalue weighted by Gasteiger charge is 2.02. The molecule has 0 aliphatic carbocycles. The summed E-state index contributed by atoms with van der Waals surface area (Å²) in [5.41, 5.74) is 4.72. The number of nitrogens with one attached hydrogen (secondary N) is 1. The minimum atomic E-state index is 0.942.